The van der Waals surface area contributed by atoms with E-state index in [-0.39, 0.29) is 12.3 Å². The molecule has 1 amide bonds. The molecule has 8 heteroatoms. The number of rotatable bonds is 8. The lowest BCUT2D eigenvalue weighted by Crippen LogP contribution is -2.29. The van der Waals surface area contributed by atoms with Crippen LogP contribution in [0.2, 0.25) is 0 Å². The number of amides is 1. The van der Waals surface area contributed by atoms with E-state index in [1.165, 1.54) is 38.3 Å². The van der Waals surface area contributed by atoms with Gasteiger partial charge in [-0.25, -0.2) is 9.18 Å². The molecule has 0 radical (unpaired) electrons. The minimum atomic E-state index is -1.08. The van der Waals surface area contributed by atoms with Crippen LogP contribution in [0.25, 0.3) is 6.08 Å². The Labute approximate surface area is 173 Å². The molecule has 30 heavy (non-hydrogen) atoms. The number of anilines is 1. The molecule has 0 heterocycles. The molecule has 0 aliphatic rings. The van der Waals surface area contributed by atoms with Crippen molar-refractivity contribution in [2.24, 2.45) is 0 Å². The molecule has 0 fully saturated rings. The third-order valence-corrected chi connectivity index (χ3v) is 3.99. The topological polar surface area (TPSA) is 97.7 Å². The Kier molecular flexibility index (Phi) is 7.94. The van der Waals surface area contributed by atoms with Gasteiger partial charge in [0, 0.05) is 11.8 Å². The number of carbonyl (C=O) groups excluding carboxylic acids is 2. The summed E-state index contributed by atoms with van der Waals surface area (Å²) in [6, 6.07) is 11.1. The SMILES string of the molecule is COc1cc(/C=C/C(=O)O[C@H](C)C(=O)Nc2ccc(C)c(F)c2)ccc1OCC#N. The quantitative estimate of drug-likeness (QED) is 0.525. The van der Waals surface area contributed by atoms with Crippen molar-refractivity contribution in [3.05, 3.63) is 59.4 Å². The number of hydrogen-bond donors (Lipinski definition) is 1. The predicted octanol–water partition coefficient (Wildman–Crippen LogP) is 3.63. The highest BCUT2D eigenvalue weighted by Gasteiger charge is 2.17. The van der Waals surface area contributed by atoms with Gasteiger partial charge in [-0.2, -0.15) is 5.26 Å². The molecule has 0 aromatic heterocycles. The molecule has 0 saturated heterocycles. The van der Waals surface area contributed by atoms with E-state index in [1.54, 1.807) is 31.2 Å². The minimum absolute atomic E-state index is 0.118. The van der Waals surface area contributed by atoms with E-state index in [1.807, 2.05) is 6.07 Å². The molecule has 0 unspecified atom stereocenters. The number of halogens is 1. The number of carbonyl (C=O) groups is 2. The minimum Gasteiger partial charge on any atom is -0.493 e. The molecule has 2 rings (SSSR count). The van der Waals surface area contributed by atoms with Gasteiger partial charge in [0.2, 0.25) is 0 Å². The van der Waals surface area contributed by atoms with Crippen LogP contribution in [0.15, 0.2) is 42.5 Å². The van der Waals surface area contributed by atoms with Crippen molar-refractivity contribution in [2.75, 3.05) is 19.0 Å². The maximum atomic E-state index is 13.6. The van der Waals surface area contributed by atoms with Gasteiger partial charge in [-0.3, -0.25) is 4.79 Å². The van der Waals surface area contributed by atoms with Crippen LogP contribution in [0.5, 0.6) is 11.5 Å². The molecule has 0 aliphatic carbocycles. The number of nitrogens with one attached hydrogen (secondary N) is 1. The molecule has 0 saturated carbocycles. The fraction of sp³-hybridized carbons (Fsp3) is 0.227. The fourth-order valence-corrected chi connectivity index (χ4v) is 2.36. The zero-order chi connectivity index (χ0) is 22.1. The van der Waals surface area contributed by atoms with Crippen molar-refractivity contribution in [3.8, 4) is 17.6 Å². The summed E-state index contributed by atoms with van der Waals surface area (Å²) in [6.45, 7) is 2.91. The van der Waals surface area contributed by atoms with E-state index in [2.05, 4.69) is 5.32 Å². The lowest BCUT2D eigenvalue weighted by molar-refractivity contribution is -0.148. The summed E-state index contributed by atoms with van der Waals surface area (Å²) >= 11 is 0. The number of ether oxygens (including phenoxy) is 3. The van der Waals surface area contributed by atoms with Crippen LogP contribution in [0.1, 0.15) is 18.1 Å². The maximum Gasteiger partial charge on any atom is 0.331 e. The summed E-state index contributed by atoms with van der Waals surface area (Å²) in [7, 11) is 1.45. The zero-order valence-electron chi connectivity index (χ0n) is 16.8. The van der Waals surface area contributed by atoms with Crippen LogP contribution in [-0.2, 0) is 14.3 Å². The van der Waals surface area contributed by atoms with Crippen molar-refractivity contribution in [3.63, 3.8) is 0 Å². The van der Waals surface area contributed by atoms with Gasteiger partial charge < -0.3 is 19.5 Å². The second-order valence-corrected chi connectivity index (χ2v) is 6.22. The number of hydrogen-bond acceptors (Lipinski definition) is 6. The Morgan fingerprint density at radius 3 is 2.67 bits per heavy atom. The van der Waals surface area contributed by atoms with Gasteiger partial charge in [-0.1, -0.05) is 12.1 Å². The van der Waals surface area contributed by atoms with Crippen LogP contribution in [0.3, 0.4) is 0 Å². The molecule has 0 aliphatic heterocycles. The van der Waals surface area contributed by atoms with Crippen LogP contribution in [-0.4, -0.2) is 31.7 Å². The molecular weight excluding hydrogens is 391 g/mol. The third kappa shape index (κ3) is 6.34. The molecule has 156 valence electrons. The Balaban J connectivity index is 1.95. The van der Waals surface area contributed by atoms with E-state index in [9.17, 15) is 14.0 Å². The van der Waals surface area contributed by atoms with E-state index >= 15 is 0 Å². The average molecular weight is 412 g/mol. The first kappa shape index (κ1) is 22.4. The van der Waals surface area contributed by atoms with Crippen molar-refractivity contribution in [1.82, 2.24) is 0 Å². The molecule has 1 N–H and O–H groups in total. The van der Waals surface area contributed by atoms with Gasteiger partial charge in [-0.15, -0.1) is 0 Å². The third-order valence-electron chi connectivity index (χ3n) is 3.99. The number of esters is 1. The summed E-state index contributed by atoms with van der Waals surface area (Å²) in [4.78, 5) is 24.1. The van der Waals surface area contributed by atoms with Crippen LogP contribution in [0.4, 0.5) is 10.1 Å². The van der Waals surface area contributed by atoms with Crippen LogP contribution >= 0.6 is 0 Å². The number of methoxy groups -OCH3 is 1. The van der Waals surface area contributed by atoms with Crippen molar-refractivity contribution >= 4 is 23.6 Å². The smallest absolute Gasteiger partial charge is 0.331 e. The van der Waals surface area contributed by atoms with Crippen LogP contribution < -0.4 is 14.8 Å². The summed E-state index contributed by atoms with van der Waals surface area (Å²) < 4.78 is 29.1. The average Bonchev–Trinajstić information content (AvgIpc) is 2.73. The standard InChI is InChI=1S/C22H21FN2O5/c1-14-4-7-17(13-18(14)23)25-22(27)15(2)30-21(26)9-6-16-5-8-19(29-11-10-24)20(12-16)28-3/h4-9,12-13,15H,11H2,1-3H3,(H,25,27)/b9-6+/t15-/m1/s1. The molecule has 1 atom stereocenters. The largest absolute Gasteiger partial charge is 0.493 e. The van der Waals surface area contributed by atoms with Gasteiger partial charge in [0.05, 0.1) is 7.11 Å². The second kappa shape index (κ2) is 10.6. The van der Waals surface area contributed by atoms with E-state index in [0.29, 0.717) is 22.6 Å². The summed E-state index contributed by atoms with van der Waals surface area (Å²) in [5.74, 6) is -0.951. The normalized spacial score (nSPS) is 11.4. The Hall–Kier alpha value is -3.86. The summed E-state index contributed by atoms with van der Waals surface area (Å²) in [5.41, 5.74) is 1.35. The molecule has 0 bridgehead atoms. The lowest BCUT2D eigenvalue weighted by atomic mass is 10.2. The summed E-state index contributed by atoms with van der Waals surface area (Å²) in [5, 5.41) is 11.1. The summed E-state index contributed by atoms with van der Waals surface area (Å²) in [6.07, 6.45) is 1.57. The highest BCUT2D eigenvalue weighted by atomic mass is 19.1. The predicted molar refractivity (Wildman–Crippen MR) is 108 cm³/mol. The van der Waals surface area contributed by atoms with Crippen molar-refractivity contribution in [2.45, 2.75) is 20.0 Å². The number of nitrogens with zero attached hydrogens (tertiary/aromatic N) is 1. The first-order valence-corrected chi connectivity index (χ1v) is 8.97. The Morgan fingerprint density at radius 2 is 2.00 bits per heavy atom. The first-order chi connectivity index (χ1) is 14.3. The number of aryl methyl sites for hydroxylation is 1. The monoisotopic (exact) mass is 412 g/mol. The molecule has 2 aromatic carbocycles. The van der Waals surface area contributed by atoms with Crippen molar-refractivity contribution < 1.29 is 28.2 Å². The fourth-order valence-electron chi connectivity index (χ4n) is 2.36. The van der Waals surface area contributed by atoms with Gasteiger partial charge in [0.1, 0.15) is 11.9 Å². The zero-order valence-corrected chi connectivity index (χ0v) is 16.8. The maximum absolute atomic E-state index is 13.6. The van der Waals surface area contributed by atoms with Gasteiger partial charge in [0.25, 0.3) is 5.91 Å². The number of nitriles is 1. The van der Waals surface area contributed by atoms with E-state index in [0.717, 1.165) is 0 Å². The Morgan fingerprint density at radius 1 is 1.23 bits per heavy atom. The molecule has 7 nitrogen and oxygen atoms in total. The molecule has 0 spiro atoms. The van der Waals surface area contributed by atoms with E-state index < -0.39 is 23.8 Å². The molecular formula is C22H21FN2O5. The number of benzene rings is 2. The highest BCUT2D eigenvalue weighted by molar-refractivity contribution is 5.96. The van der Waals surface area contributed by atoms with Gasteiger partial charge in [-0.05, 0) is 55.3 Å². The first-order valence-electron chi connectivity index (χ1n) is 8.97. The van der Waals surface area contributed by atoms with E-state index in [4.69, 9.17) is 19.5 Å². The van der Waals surface area contributed by atoms with Gasteiger partial charge in [0.15, 0.2) is 24.2 Å². The molecule has 2 aromatic rings. The van der Waals surface area contributed by atoms with Gasteiger partial charge >= 0.3 is 5.97 Å². The van der Waals surface area contributed by atoms with Crippen molar-refractivity contribution in [1.29, 1.82) is 5.26 Å². The second-order valence-electron chi connectivity index (χ2n) is 6.22. The highest BCUT2D eigenvalue weighted by Crippen LogP contribution is 2.28. The Bertz CT molecular complexity index is 998. The van der Waals surface area contributed by atoms with Crippen LogP contribution in [0, 0.1) is 24.1 Å². The lowest BCUT2D eigenvalue weighted by Gasteiger charge is -2.13.